The molecule has 0 aliphatic heterocycles. The summed E-state index contributed by atoms with van der Waals surface area (Å²) < 4.78 is 0. The molecule has 1 heterocycles. The van der Waals surface area contributed by atoms with Gasteiger partial charge >= 0.3 is 0 Å². The van der Waals surface area contributed by atoms with Gasteiger partial charge in [-0.25, -0.2) is 0 Å². The minimum atomic E-state index is 0.821. The molecule has 1 N–H and O–H groups in total. The molecule has 0 radical (unpaired) electrons. The van der Waals surface area contributed by atoms with Gasteiger partial charge in [0.25, 0.3) is 0 Å². The van der Waals surface area contributed by atoms with Crippen LogP contribution in [-0.2, 0) is 0 Å². The molecule has 16 heavy (non-hydrogen) atoms. The summed E-state index contributed by atoms with van der Waals surface area (Å²) in [6, 6.07) is 7.93. The average molecular weight is 214 g/mol. The first-order valence-corrected chi connectivity index (χ1v) is 5.17. The lowest BCUT2D eigenvalue weighted by Crippen LogP contribution is -1.71. The third kappa shape index (κ3) is 2.16. The number of hydrogen-bond donors (Lipinski definition) is 1. The summed E-state index contributed by atoms with van der Waals surface area (Å²) in [5.41, 5.74) is 4.67. The third-order valence-corrected chi connectivity index (χ3v) is 2.36. The largest absolute Gasteiger partial charge is 0.280 e. The predicted molar refractivity (Wildman–Crippen MR) is 63.4 cm³/mol. The topological polar surface area (TPSA) is 53.4 Å². The van der Waals surface area contributed by atoms with Crippen LogP contribution >= 0.6 is 0 Å². The molecule has 0 bridgehead atoms. The summed E-state index contributed by atoms with van der Waals surface area (Å²) in [6.07, 6.45) is 0. The summed E-state index contributed by atoms with van der Waals surface area (Å²) in [5.74, 6) is 0. The summed E-state index contributed by atoms with van der Waals surface area (Å²) in [6.45, 7) is 5.88. The van der Waals surface area contributed by atoms with Gasteiger partial charge in [-0.15, -0.1) is 5.11 Å². The molecule has 82 valence electrons. The van der Waals surface area contributed by atoms with Crippen LogP contribution in [0.3, 0.4) is 0 Å². The van der Waals surface area contributed by atoms with Crippen molar-refractivity contribution in [3.63, 3.8) is 0 Å². The molecule has 4 nitrogen and oxygen atoms in total. The van der Waals surface area contributed by atoms with Crippen molar-refractivity contribution in [3.8, 4) is 0 Å². The van der Waals surface area contributed by atoms with Gasteiger partial charge in [-0.05, 0) is 38.5 Å². The van der Waals surface area contributed by atoms with Gasteiger partial charge in [0, 0.05) is 0 Å². The van der Waals surface area contributed by atoms with Crippen LogP contribution in [0.1, 0.15) is 17.0 Å². The van der Waals surface area contributed by atoms with Crippen LogP contribution < -0.4 is 0 Å². The van der Waals surface area contributed by atoms with Crippen LogP contribution in [0.4, 0.5) is 11.4 Å². The monoisotopic (exact) mass is 214 g/mol. The number of azo groups is 1. The number of H-pyrrole nitrogens is 1. The van der Waals surface area contributed by atoms with Crippen molar-refractivity contribution in [1.29, 1.82) is 0 Å². The summed E-state index contributed by atoms with van der Waals surface area (Å²) in [4.78, 5) is 0. The van der Waals surface area contributed by atoms with E-state index >= 15 is 0 Å². The van der Waals surface area contributed by atoms with Gasteiger partial charge in [-0.1, -0.05) is 12.1 Å². The lowest BCUT2D eigenvalue weighted by atomic mass is 10.2. The van der Waals surface area contributed by atoms with Crippen LogP contribution in [-0.4, -0.2) is 10.2 Å². The van der Waals surface area contributed by atoms with Crippen molar-refractivity contribution in [2.75, 3.05) is 0 Å². The van der Waals surface area contributed by atoms with Gasteiger partial charge < -0.3 is 0 Å². The summed E-state index contributed by atoms with van der Waals surface area (Å²) in [7, 11) is 0. The average Bonchev–Trinajstić information content (AvgIpc) is 2.56. The van der Waals surface area contributed by atoms with Gasteiger partial charge in [-0.2, -0.15) is 10.2 Å². The highest BCUT2D eigenvalue weighted by Gasteiger charge is 2.03. The standard InChI is InChI=1S/C12H14N4/c1-8-5-4-6-11(7-8)15-16-12-9(2)13-14-10(12)3/h4-7H,1-3H3,(H,13,14)/b16-15+. The first-order valence-electron chi connectivity index (χ1n) is 5.17. The van der Waals surface area contributed by atoms with Crippen LogP contribution in [0.5, 0.6) is 0 Å². The Morgan fingerprint density at radius 2 is 1.94 bits per heavy atom. The highest BCUT2D eigenvalue weighted by Crippen LogP contribution is 2.23. The second-order valence-electron chi connectivity index (χ2n) is 3.82. The predicted octanol–water partition coefficient (Wildman–Crippen LogP) is 3.75. The van der Waals surface area contributed by atoms with E-state index in [1.807, 2.05) is 45.0 Å². The first-order chi connectivity index (χ1) is 7.66. The Morgan fingerprint density at radius 3 is 2.56 bits per heavy atom. The number of rotatable bonds is 2. The Bertz CT molecular complexity index is 506. The van der Waals surface area contributed by atoms with E-state index in [2.05, 4.69) is 20.4 Å². The van der Waals surface area contributed by atoms with E-state index in [-0.39, 0.29) is 0 Å². The Morgan fingerprint density at radius 1 is 1.12 bits per heavy atom. The Hall–Kier alpha value is -1.97. The Kier molecular flexibility index (Phi) is 2.81. The SMILES string of the molecule is Cc1cccc(/N=N/c2c(C)n[nH]c2C)c1. The Balaban J connectivity index is 2.28. The molecular formula is C12H14N4. The van der Waals surface area contributed by atoms with E-state index in [0.717, 1.165) is 22.8 Å². The van der Waals surface area contributed by atoms with Crippen molar-refractivity contribution in [2.24, 2.45) is 10.2 Å². The van der Waals surface area contributed by atoms with Gasteiger partial charge in [0.2, 0.25) is 0 Å². The molecule has 0 aliphatic carbocycles. The van der Waals surface area contributed by atoms with Crippen molar-refractivity contribution in [2.45, 2.75) is 20.8 Å². The number of aromatic nitrogens is 2. The zero-order valence-electron chi connectivity index (χ0n) is 9.65. The minimum absolute atomic E-state index is 0.821. The molecule has 0 spiro atoms. The molecule has 1 aromatic heterocycles. The Labute approximate surface area is 94.4 Å². The van der Waals surface area contributed by atoms with Crippen LogP contribution in [0.25, 0.3) is 0 Å². The van der Waals surface area contributed by atoms with Gasteiger partial charge in [0.05, 0.1) is 17.1 Å². The zero-order valence-corrected chi connectivity index (χ0v) is 9.65. The highest BCUT2D eigenvalue weighted by atomic mass is 15.2. The number of hydrogen-bond acceptors (Lipinski definition) is 3. The lowest BCUT2D eigenvalue weighted by molar-refractivity contribution is 1.02. The van der Waals surface area contributed by atoms with Crippen LogP contribution in [0.2, 0.25) is 0 Å². The number of aryl methyl sites for hydroxylation is 3. The fourth-order valence-corrected chi connectivity index (χ4v) is 1.49. The van der Waals surface area contributed by atoms with Crippen molar-refractivity contribution < 1.29 is 0 Å². The number of aromatic amines is 1. The second-order valence-corrected chi connectivity index (χ2v) is 3.82. The molecule has 0 saturated carbocycles. The molecule has 0 saturated heterocycles. The molecule has 0 aliphatic rings. The number of nitrogens with one attached hydrogen (secondary N) is 1. The molecule has 0 unspecified atom stereocenters. The smallest absolute Gasteiger partial charge is 0.129 e. The number of benzene rings is 1. The molecule has 4 heteroatoms. The molecule has 0 amide bonds. The van der Waals surface area contributed by atoms with Gasteiger partial charge in [0.1, 0.15) is 5.69 Å². The zero-order chi connectivity index (χ0) is 11.5. The minimum Gasteiger partial charge on any atom is -0.280 e. The normalized spacial score (nSPS) is 11.2. The number of nitrogens with zero attached hydrogens (tertiary/aromatic N) is 3. The van der Waals surface area contributed by atoms with Crippen LogP contribution in [0, 0.1) is 20.8 Å². The van der Waals surface area contributed by atoms with Crippen molar-refractivity contribution in [3.05, 3.63) is 41.2 Å². The fourth-order valence-electron chi connectivity index (χ4n) is 1.49. The maximum atomic E-state index is 4.21. The molecule has 0 fully saturated rings. The molecule has 2 aromatic rings. The summed E-state index contributed by atoms with van der Waals surface area (Å²) in [5, 5.41) is 15.4. The lowest BCUT2D eigenvalue weighted by Gasteiger charge is -1.94. The van der Waals surface area contributed by atoms with Gasteiger partial charge in [-0.3, -0.25) is 5.10 Å². The highest BCUT2D eigenvalue weighted by molar-refractivity contribution is 5.46. The third-order valence-electron chi connectivity index (χ3n) is 2.36. The molecule has 1 aromatic carbocycles. The maximum absolute atomic E-state index is 4.21. The van der Waals surface area contributed by atoms with E-state index in [9.17, 15) is 0 Å². The van der Waals surface area contributed by atoms with Crippen molar-refractivity contribution in [1.82, 2.24) is 10.2 Å². The van der Waals surface area contributed by atoms with E-state index in [1.54, 1.807) is 0 Å². The van der Waals surface area contributed by atoms with E-state index < -0.39 is 0 Å². The molecule has 0 atom stereocenters. The maximum Gasteiger partial charge on any atom is 0.129 e. The van der Waals surface area contributed by atoms with E-state index in [0.29, 0.717) is 0 Å². The van der Waals surface area contributed by atoms with Crippen molar-refractivity contribution >= 4 is 11.4 Å². The van der Waals surface area contributed by atoms with Crippen LogP contribution in [0.15, 0.2) is 34.5 Å². The quantitative estimate of drug-likeness (QED) is 0.760. The molecular weight excluding hydrogens is 200 g/mol. The first kappa shape index (κ1) is 10.5. The second kappa shape index (κ2) is 4.26. The fraction of sp³-hybridized carbons (Fsp3) is 0.250. The van der Waals surface area contributed by atoms with Gasteiger partial charge in [0.15, 0.2) is 0 Å². The molecule has 2 rings (SSSR count). The summed E-state index contributed by atoms with van der Waals surface area (Å²) >= 11 is 0. The van der Waals surface area contributed by atoms with E-state index in [4.69, 9.17) is 0 Å². The van der Waals surface area contributed by atoms with E-state index in [1.165, 1.54) is 5.56 Å².